The summed E-state index contributed by atoms with van der Waals surface area (Å²) in [6, 6.07) is 10.0. The van der Waals surface area contributed by atoms with Gasteiger partial charge in [0, 0.05) is 35.3 Å². The molecule has 2 saturated carbocycles. The predicted octanol–water partition coefficient (Wildman–Crippen LogP) is 4.43. The lowest BCUT2D eigenvalue weighted by Gasteiger charge is -2.46. The van der Waals surface area contributed by atoms with Crippen molar-refractivity contribution in [3.63, 3.8) is 0 Å². The molecule has 2 N–H and O–H groups in total. The van der Waals surface area contributed by atoms with E-state index in [1.165, 1.54) is 12.1 Å². The van der Waals surface area contributed by atoms with Crippen molar-refractivity contribution >= 4 is 27.8 Å². The summed E-state index contributed by atoms with van der Waals surface area (Å²) in [6.07, 6.45) is 0.0521. The van der Waals surface area contributed by atoms with Crippen molar-refractivity contribution in [2.45, 2.75) is 37.6 Å². The van der Waals surface area contributed by atoms with Gasteiger partial charge in [-0.1, -0.05) is 6.42 Å². The van der Waals surface area contributed by atoms with E-state index in [0.29, 0.717) is 28.7 Å². The van der Waals surface area contributed by atoms with Gasteiger partial charge in [-0.2, -0.15) is 18.3 Å². The van der Waals surface area contributed by atoms with Gasteiger partial charge in [-0.3, -0.25) is 14.0 Å². The average molecular weight is 468 g/mol. The molecule has 0 saturated heterocycles. The van der Waals surface area contributed by atoms with Gasteiger partial charge in [-0.05, 0) is 67.1 Å². The Balaban J connectivity index is 1.39. The lowest BCUT2D eigenvalue weighted by atomic mass is 9.68. The third-order valence-electron chi connectivity index (χ3n) is 7.45. The van der Waals surface area contributed by atoms with E-state index in [2.05, 4.69) is 10.4 Å². The molecule has 2 aromatic carbocycles. The molecule has 0 bridgehead atoms. The maximum absolute atomic E-state index is 13.0. The van der Waals surface area contributed by atoms with Gasteiger partial charge in [0.15, 0.2) is 5.65 Å². The summed E-state index contributed by atoms with van der Waals surface area (Å²) in [6.45, 7) is 0. The van der Waals surface area contributed by atoms with E-state index in [0.717, 1.165) is 47.7 Å². The fourth-order valence-electron chi connectivity index (χ4n) is 5.78. The molecule has 4 atom stereocenters. The van der Waals surface area contributed by atoms with E-state index < -0.39 is 17.8 Å². The van der Waals surface area contributed by atoms with Crippen LogP contribution in [0.25, 0.3) is 27.6 Å². The minimum absolute atomic E-state index is 0.217. The number of aromatic nitrogens is 3. The first-order chi connectivity index (χ1) is 16.2. The van der Waals surface area contributed by atoms with Gasteiger partial charge < -0.3 is 10.4 Å². The molecule has 6 nitrogen and oxygen atoms in total. The molecule has 0 spiro atoms. The Kier molecular flexibility index (Phi) is 4.58. The second-order valence-electron chi connectivity index (χ2n) is 9.40. The lowest BCUT2D eigenvalue weighted by molar-refractivity contribution is -0.137. The molecule has 176 valence electrons. The topological polar surface area (TPSA) is 72.1 Å². The second-order valence-corrected chi connectivity index (χ2v) is 9.40. The van der Waals surface area contributed by atoms with Crippen LogP contribution >= 0.6 is 0 Å². The largest absolute Gasteiger partial charge is 0.416 e. The standard InChI is InChI=1S/C25H23F3N4O2/c1-31-12-19-18-11-13(24(34)29-21-16-3-2-4-17(16)22(21)33)5-10-20(18)32(23(19)30-31)15-8-6-14(7-9-15)25(26,27)28/h5-12,16-17,21-22,33H,2-4H2,1H3,(H,29,34)/t16-,17+,21-,22+/m0/s1. The number of nitrogens with one attached hydrogen (secondary N) is 1. The number of rotatable bonds is 3. The van der Waals surface area contributed by atoms with Crippen LogP contribution in [0.3, 0.4) is 0 Å². The van der Waals surface area contributed by atoms with Gasteiger partial charge in [0.05, 0.1) is 23.2 Å². The zero-order valence-electron chi connectivity index (χ0n) is 18.4. The highest BCUT2D eigenvalue weighted by molar-refractivity contribution is 6.10. The van der Waals surface area contributed by atoms with Crippen LogP contribution < -0.4 is 5.32 Å². The molecular formula is C25H23F3N4O2. The number of aliphatic hydroxyl groups is 1. The van der Waals surface area contributed by atoms with E-state index >= 15 is 0 Å². The number of hydrogen-bond acceptors (Lipinski definition) is 3. The molecule has 2 aliphatic carbocycles. The quantitative estimate of drug-likeness (QED) is 0.468. The second kappa shape index (κ2) is 7.33. The van der Waals surface area contributed by atoms with Crippen LogP contribution in [0.2, 0.25) is 0 Å². The van der Waals surface area contributed by atoms with Crippen LogP contribution in [0, 0.1) is 11.8 Å². The van der Waals surface area contributed by atoms with Crippen LogP contribution in [0.5, 0.6) is 0 Å². The van der Waals surface area contributed by atoms with Gasteiger partial charge in [0.1, 0.15) is 0 Å². The monoisotopic (exact) mass is 468 g/mol. The van der Waals surface area contributed by atoms with Crippen molar-refractivity contribution in [2.75, 3.05) is 0 Å². The normalized spacial score (nSPS) is 24.4. The summed E-state index contributed by atoms with van der Waals surface area (Å²) >= 11 is 0. The van der Waals surface area contributed by atoms with Crippen molar-refractivity contribution in [1.29, 1.82) is 0 Å². The highest BCUT2D eigenvalue weighted by Crippen LogP contribution is 2.47. The van der Waals surface area contributed by atoms with Crippen molar-refractivity contribution in [2.24, 2.45) is 18.9 Å². The lowest BCUT2D eigenvalue weighted by Crippen LogP contribution is -2.61. The molecule has 0 unspecified atom stereocenters. The molecule has 9 heteroatoms. The summed E-state index contributed by atoms with van der Waals surface area (Å²) < 4.78 is 42.5. The van der Waals surface area contributed by atoms with Gasteiger partial charge in [-0.15, -0.1) is 0 Å². The highest BCUT2D eigenvalue weighted by atomic mass is 19.4. The van der Waals surface area contributed by atoms with E-state index in [1.807, 2.05) is 6.20 Å². The number of halogens is 3. The van der Waals surface area contributed by atoms with Crippen molar-refractivity contribution in [3.05, 3.63) is 59.8 Å². The third-order valence-corrected chi connectivity index (χ3v) is 7.45. The molecule has 0 aliphatic heterocycles. The van der Waals surface area contributed by atoms with Gasteiger partial charge in [0.25, 0.3) is 5.91 Å². The molecule has 2 aliphatic rings. The van der Waals surface area contributed by atoms with E-state index in [1.54, 1.807) is 34.5 Å². The molecule has 2 fully saturated rings. The predicted molar refractivity (Wildman–Crippen MR) is 121 cm³/mol. The fourth-order valence-corrected chi connectivity index (χ4v) is 5.78. The summed E-state index contributed by atoms with van der Waals surface area (Å²) in [5.41, 5.74) is 1.64. The molecule has 2 heterocycles. The number of fused-ring (bicyclic) bond motifs is 4. The molecule has 1 amide bonds. The van der Waals surface area contributed by atoms with E-state index in [9.17, 15) is 23.1 Å². The first kappa shape index (κ1) is 21.2. The minimum atomic E-state index is -4.41. The van der Waals surface area contributed by atoms with Crippen molar-refractivity contribution in [1.82, 2.24) is 19.7 Å². The minimum Gasteiger partial charge on any atom is -0.391 e. The van der Waals surface area contributed by atoms with Gasteiger partial charge in [0.2, 0.25) is 0 Å². The number of aliphatic hydroxyl groups excluding tert-OH is 1. The first-order valence-electron chi connectivity index (χ1n) is 11.4. The zero-order valence-corrected chi connectivity index (χ0v) is 18.4. The molecule has 4 aromatic rings. The maximum Gasteiger partial charge on any atom is 0.416 e. The smallest absolute Gasteiger partial charge is 0.391 e. The third kappa shape index (κ3) is 3.14. The number of alkyl halides is 3. The van der Waals surface area contributed by atoms with Crippen molar-refractivity contribution in [3.8, 4) is 5.69 Å². The fraction of sp³-hybridized carbons (Fsp3) is 0.360. The number of hydrogen-bond donors (Lipinski definition) is 2. The highest BCUT2D eigenvalue weighted by Gasteiger charge is 2.52. The SMILES string of the molecule is Cn1cc2c3cc(C(=O)N[C@@H]4[C@H](O)[C@@H]5CCC[C@@H]54)ccc3n(-c3ccc(C(F)(F)F)cc3)c2n1. The number of benzene rings is 2. The Labute approximate surface area is 193 Å². The van der Waals surface area contributed by atoms with Crippen LogP contribution in [-0.2, 0) is 13.2 Å². The number of carbonyl (C=O) groups is 1. The van der Waals surface area contributed by atoms with Crippen LogP contribution in [0.15, 0.2) is 48.7 Å². The Bertz CT molecular complexity index is 1420. The van der Waals surface area contributed by atoms with E-state index in [4.69, 9.17) is 0 Å². The summed E-state index contributed by atoms with van der Waals surface area (Å²) in [5.74, 6) is 0.393. The Morgan fingerprint density at radius 3 is 2.56 bits per heavy atom. The van der Waals surface area contributed by atoms with Crippen LogP contribution in [0.4, 0.5) is 13.2 Å². The molecule has 34 heavy (non-hydrogen) atoms. The Hall–Kier alpha value is -3.33. The average Bonchev–Trinajstić information content (AvgIpc) is 3.48. The molecule has 6 rings (SSSR count). The number of carbonyl (C=O) groups excluding carboxylic acids is 1. The number of aryl methyl sites for hydroxylation is 1. The van der Waals surface area contributed by atoms with Gasteiger partial charge in [-0.25, -0.2) is 0 Å². The Morgan fingerprint density at radius 2 is 1.82 bits per heavy atom. The first-order valence-corrected chi connectivity index (χ1v) is 11.4. The zero-order chi connectivity index (χ0) is 23.8. The van der Waals surface area contributed by atoms with Crippen molar-refractivity contribution < 1.29 is 23.1 Å². The molecular weight excluding hydrogens is 445 g/mol. The summed E-state index contributed by atoms with van der Waals surface area (Å²) in [5, 5.41) is 19.5. The molecule has 2 aromatic heterocycles. The number of nitrogens with zero attached hydrogens (tertiary/aromatic N) is 3. The number of amides is 1. The van der Waals surface area contributed by atoms with Crippen LogP contribution in [0.1, 0.15) is 35.2 Å². The van der Waals surface area contributed by atoms with E-state index in [-0.39, 0.29) is 11.9 Å². The summed E-state index contributed by atoms with van der Waals surface area (Å²) in [4.78, 5) is 13.0. The molecule has 0 radical (unpaired) electrons. The summed E-state index contributed by atoms with van der Waals surface area (Å²) in [7, 11) is 1.77. The van der Waals surface area contributed by atoms with Crippen LogP contribution in [-0.4, -0.2) is 37.5 Å². The maximum atomic E-state index is 13.0. The Morgan fingerprint density at radius 1 is 1.09 bits per heavy atom. The van der Waals surface area contributed by atoms with Gasteiger partial charge >= 0.3 is 6.18 Å².